The van der Waals surface area contributed by atoms with Crippen molar-refractivity contribution < 1.29 is 43.5 Å². The first kappa shape index (κ1) is 29.1. The van der Waals surface area contributed by atoms with Gasteiger partial charge in [-0.25, -0.2) is 8.78 Å². The molecule has 0 radical (unpaired) electrons. The Labute approximate surface area is 236 Å². The zero-order valence-corrected chi connectivity index (χ0v) is 22.2. The van der Waals surface area contributed by atoms with E-state index in [2.05, 4.69) is 0 Å². The second-order valence-corrected chi connectivity index (χ2v) is 10.5. The average molecular weight is 570 g/mol. The van der Waals surface area contributed by atoms with Crippen LogP contribution in [0.1, 0.15) is 30.0 Å². The highest BCUT2D eigenvalue weighted by molar-refractivity contribution is 6.03. The highest BCUT2D eigenvalue weighted by Crippen LogP contribution is 2.46. The maximum Gasteiger partial charge on any atom is 0.233 e. The first-order valence-electron chi connectivity index (χ1n) is 13.6. The van der Waals surface area contributed by atoms with Crippen LogP contribution in [-0.4, -0.2) is 70.1 Å². The van der Waals surface area contributed by atoms with Crippen molar-refractivity contribution in [1.82, 2.24) is 0 Å². The Bertz CT molecular complexity index is 1300. The van der Waals surface area contributed by atoms with Crippen LogP contribution in [0.4, 0.5) is 14.5 Å². The fraction of sp³-hybridized carbons (Fsp3) is 0.387. The van der Waals surface area contributed by atoms with Crippen molar-refractivity contribution in [2.45, 2.75) is 55.8 Å². The molecule has 3 aromatic carbocycles. The molecule has 0 unspecified atom stereocenters. The third kappa shape index (κ3) is 6.27. The molecule has 2 saturated heterocycles. The molecule has 41 heavy (non-hydrogen) atoms. The molecule has 0 bridgehead atoms. The lowest BCUT2D eigenvalue weighted by Crippen LogP contribution is -2.59. The number of β-lactam (4-membered cyclic amide) rings is 1. The molecular formula is C31H33F2NO7. The predicted molar refractivity (Wildman–Crippen MR) is 145 cm³/mol. The van der Waals surface area contributed by atoms with Crippen molar-refractivity contribution >= 4 is 11.6 Å². The van der Waals surface area contributed by atoms with Gasteiger partial charge in [0.25, 0.3) is 0 Å². The summed E-state index contributed by atoms with van der Waals surface area (Å²) in [5, 5.41) is 39.6. The first-order chi connectivity index (χ1) is 19.8. The molecule has 1 amide bonds. The highest BCUT2D eigenvalue weighted by atomic mass is 19.1. The standard InChI is InChI=1S/C31H33F2NO7/c32-20-8-4-18(5-9-20)2-1-3-24-27(34(31(24)39)22-12-10-21(33)11-13-22)19-6-14-23(15-7-19)40-17-26-29(37)30(38)28(36)25(16-35)41-26/h4-15,24-30,35-38H,1-3,16-17H2/t24-,25-,26+,27-,28-,29+,30+/m1/s1. The van der Waals surface area contributed by atoms with Crippen LogP contribution in [0.5, 0.6) is 5.75 Å². The Hall–Kier alpha value is -3.41. The van der Waals surface area contributed by atoms with Crippen LogP contribution in [0.2, 0.25) is 0 Å². The third-order valence-electron chi connectivity index (χ3n) is 7.84. The van der Waals surface area contributed by atoms with E-state index in [1.54, 1.807) is 41.3 Å². The quantitative estimate of drug-likeness (QED) is 0.277. The van der Waals surface area contributed by atoms with E-state index in [9.17, 15) is 34.0 Å². The molecule has 0 saturated carbocycles. The number of ether oxygens (including phenoxy) is 2. The number of aliphatic hydroxyl groups is 4. The fourth-order valence-corrected chi connectivity index (χ4v) is 5.53. The largest absolute Gasteiger partial charge is 0.491 e. The number of carbonyl (C=O) groups excluding carboxylic acids is 1. The molecule has 2 aliphatic heterocycles. The lowest BCUT2D eigenvalue weighted by Gasteiger charge is -2.47. The number of aliphatic hydroxyl groups excluding tert-OH is 4. The van der Waals surface area contributed by atoms with Crippen molar-refractivity contribution in [2.24, 2.45) is 5.92 Å². The van der Waals surface area contributed by atoms with Crippen molar-refractivity contribution in [3.05, 3.63) is 95.6 Å². The van der Waals surface area contributed by atoms with Gasteiger partial charge in [0.05, 0.1) is 18.6 Å². The zero-order chi connectivity index (χ0) is 29.1. The first-order valence-corrected chi connectivity index (χ1v) is 13.6. The van der Waals surface area contributed by atoms with Gasteiger partial charge in [-0.05, 0) is 78.9 Å². The molecule has 7 atom stereocenters. The maximum absolute atomic E-state index is 13.6. The summed E-state index contributed by atoms with van der Waals surface area (Å²) in [6, 6.07) is 18.9. The number of hydrogen-bond acceptors (Lipinski definition) is 7. The number of carbonyl (C=O) groups is 1. The van der Waals surface area contributed by atoms with Gasteiger partial charge in [-0.15, -0.1) is 0 Å². The van der Waals surface area contributed by atoms with Crippen molar-refractivity contribution in [1.29, 1.82) is 0 Å². The normalized spacial score (nSPS) is 27.9. The molecule has 5 rings (SSSR count). The monoisotopic (exact) mass is 569 g/mol. The van der Waals surface area contributed by atoms with Crippen LogP contribution in [0.25, 0.3) is 0 Å². The van der Waals surface area contributed by atoms with E-state index in [1.807, 2.05) is 12.1 Å². The summed E-state index contributed by atoms with van der Waals surface area (Å²) in [6.45, 7) is -0.650. The second kappa shape index (κ2) is 12.6. The van der Waals surface area contributed by atoms with Crippen molar-refractivity contribution in [2.75, 3.05) is 18.1 Å². The molecule has 2 fully saturated rings. The number of rotatable bonds is 10. The summed E-state index contributed by atoms with van der Waals surface area (Å²) in [6.07, 6.45) is -4.24. The van der Waals surface area contributed by atoms with Gasteiger partial charge in [-0.3, -0.25) is 4.79 Å². The minimum Gasteiger partial charge on any atom is -0.491 e. The van der Waals surface area contributed by atoms with E-state index in [0.29, 0.717) is 24.3 Å². The second-order valence-electron chi connectivity index (χ2n) is 10.5. The van der Waals surface area contributed by atoms with Crippen molar-refractivity contribution in [3.8, 4) is 5.75 Å². The smallest absolute Gasteiger partial charge is 0.233 e. The summed E-state index contributed by atoms with van der Waals surface area (Å²) in [5.74, 6) is -0.573. The minimum atomic E-state index is -1.48. The minimum absolute atomic E-state index is 0.0522. The van der Waals surface area contributed by atoms with E-state index in [-0.39, 0.29) is 30.3 Å². The summed E-state index contributed by atoms with van der Waals surface area (Å²) < 4.78 is 38.1. The van der Waals surface area contributed by atoms with Crippen LogP contribution in [0.15, 0.2) is 72.8 Å². The number of hydrogen-bond donors (Lipinski definition) is 4. The summed E-state index contributed by atoms with van der Waals surface area (Å²) in [7, 11) is 0. The van der Waals surface area contributed by atoms with Gasteiger partial charge >= 0.3 is 0 Å². The van der Waals surface area contributed by atoms with E-state index in [0.717, 1.165) is 17.5 Å². The topological polar surface area (TPSA) is 120 Å². The van der Waals surface area contributed by atoms with Crippen LogP contribution in [-0.2, 0) is 16.0 Å². The number of amides is 1. The van der Waals surface area contributed by atoms with Crippen LogP contribution in [0.3, 0.4) is 0 Å². The SMILES string of the molecule is O=C1[C@H](CCCc2ccc(F)cc2)[C@@H](c2ccc(OC[C@@H]3O[C@H](CO)[C@@H](O)[C@H](O)[C@H]3O)cc2)N1c1ccc(F)cc1. The third-order valence-corrected chi connectivity index (χ3v) is 7.84. The Kier molecular flexibility index (Phi) is 8.96. The molecule has 10 heteroatoms. The van der Waals surface area contributed by atoms with Gasteiger partial charge in [0.2, 0.25) is 5.91 Å². The van der Waals surface area contributed by atoms with Crippen LogP contribution >= 0.6 is 0 Å². The maximum atomic E-state index is 13.6. The number of halogens is 2. The van der Waals surface area contributed by atoms with Gasteiger partial charge < -0.3 is 34.8 Å². The lowest BCUT2D eigenvalue weighted by atomic mass is 9.78. The summed E-state index contributed by atoms with van der Waals surface area (Å²) >= 11 is 0. The van der Waals surface area contributed by atoms with Gasteiger partial charge in [0, 0.05) is 5.69 Å². The van der Waals surface area contributed by atoms with Gasteiger partial charge in [-0.2, -0.15) is 0 Å². The molecule has 0 spiro atoms. The number of aryl methyl sites for hydroxylation is 1. The molecule has 2 aliphatic rings. The average Bonchev–Trinajstić information content (AvgIpc) is 2.98. The molecule has 0 aromatic heterocycles. The van der Waals surface area contributed by atoms with E-state index < -0.39 is 42.9 Å². The summed E-state index contributed by atoms with van der Waals surface area (Å²) in [5.41, 5.74) is 2.45. The fourth-order valence-electron chi connectivity index (χ4n) is 5.53. The number of anilines is 1. The van der Waals surface area contributed by atoms with E-state index in [1.165, 1.54) is 24.3 Å². The van der Waals surface area contributed by atoms with Gasteiger partial charge in [0.1, 0.15) is 54.5 Å². The Morgan fingerprint density at radius 1 is 0.805 bits per heavy atom. The highest BCUT2D eigenvalue weighted by Gasteiger charge is 2.48. The molecule has 0 aliphatic carbocycles. The zero-order valence-electron chi connectivity index (χ0n) is 22.2. The van der Waals surface area contributed by atoms with Gasteiger partial charge in [0.15, 0.2) is 0 Å². The predicted octanol–water partition coefficient (Wildman–Crippen LogP) is 2.91. The Balaban J connectivity index is 1.27. The Morgan fingerprint density at radius 2 is 1.41 bits per heavy atom. The Morgan fingerprint density at radius 3 is 2.05 bits per heavy atom. The van der Waals surface area contributed by atoms with E-state index in [4.69, 9.17) is 9.47 Å². The van der Waals surface area contributed by atoms with Gasteiger partial charge in [-0.1, -0.05) is 24.3 Å². The van der Waals surface area contributed by atoms with Crippen LogP contribution in [0, 0.1) is 17.6 Å². The molecule has 8 nitrogen and oxygen atoms in total. The molecule has 4 N–H and O–H groups in total. The van der Waals surface area contributed by atoms with Crippen LogP contribution < -0.4 is 9.64 Å². The van der Waals surface area contributed by atoms with Crippen molar-refractivity contribution in [3.63, 3.8) is 0 Å². The summed E-state index contributed by atoms with van der Waals surface area (Å²) in [4.78, 5) is 14.9. The number of nitrogens with zero attached hydrogens (tertiary/aromatic N) is 1. The number of benzene rings is 3. The molecule has 3 aromatic rings. The molecule has 2 heterocycles. The lowest BCUT2D eigenvalue weighted by molar-refractivity contribution is -0.234. The molecule has 218 valence electrons. The van der Waals surface area contributed by atoms with E-state index >= 15 is 0 Å². The molecular weight excluding hydrogens is 536 g/mol.